The lowest BCUT2D eigenvalue weighted by Gasteiger charge is -2.11. The lowest BCUT2D eigenvalue weighted by atomic mass is 10.1. The Bertz CT molecular complexity index is 984. The minimum absolute atomic E-state index is 0.00642. The summed E-state index contributed by atoms with van der Waals surface area (Å²) >= 11 is 3.42. The number of nitro benzene ring substituents is 1. The first-order valence-electron chi connectivity index (χ1n) is 7.65. The quantitative estimate of drug-likeness (QED) is 0.387. The number of ether oxygens (including phenoxy) is 1. The summed E-state index contributed by atoms with van der Waals surface area (Å²) in [6.45, 7) is 0. The molecule has 0 spiro atoms. The van der Waals surface area contributed by atoms with E-state index in [-0.39, 0.29) is 12.1 Å². The fourth-order valence-electron chi connectivity index (χ4n) is 2.68. The van der Waals surface area contributed by atoms with Gasteiger partial charge in [0.05, 0.1) is 23.4 Å². The Hall–Kier alpha value is -2.78. The Morgan fingerprint density at radius 2 is 2.04 bits per heavy atom. The second-order valence-electron chi connectivity index (χ2n) is 5.62. The van der Waals surface area contributed by atoms with E-state index < -0.39 is 16.9 Å². The Morgan fingerprint density at radius 3 is 2.65 bits per heavy atom. The maximum absolute atomic E-state index is 11.7. The van der Waals surface area contributed by atoms with Crippen LogP contribution < -0.4 is 5.73 Å². The third-order valence-corrected chi connectivity index (χ3v) is 4.42. The van der Waals surface area contributed by atoms with Crippen molar-refractivity contribution in [2.24, 2.45) is 5.73 Å². The summed E-state index contributed by atoms with van der Waals surface area (Å²) in [5.74, 6) is -0.524. The molecular formula is C17H15BrN4O4. The lowest BCUT2D eigenvalue weighted by molar-refractivity contribution is -0.384. The van der Waals surface area contributed by atoms with Gasteiger partial charge in [0.25, 0.3) is 5.69 Å². The Morgan fingerprint density at radius 1 is 1.35 bits per heavy atom. The van der Waals surface area contributed by atoms with E-state index in [4.69, 9.17) is 10.5 Å². The van der Waals surface area contributed by atoms with Gasteiger partial charge in [0.15, 0.2) is 0 Å². The Labute approximate surface area is 156 Å². The number of nitro groups is 1. The van der Waals surface area contributed by atoms with E-state index in [1.165, 1.54) is 19.2 Å². The number of fused-ring (bicyclic) bond motifs is 1. The highest BCUT2D eigenvalue weighted by molar-refractivity contribution is 9.10. The molecule has 0 saturated heterocycles. The zero-order valence-electron chi connectivity index (χ0n) is 13.8. The van der Waals surface area contributed by atoms with Crippen molar-refractivity contribution in [1.29, 1.82) is 0 Å². The summed E-state index contributed by atoms with van der Waals surface area (Å²) in [7, 11) is 1.28. The van der Waals surface area contributed by atoms with Crippen LogP contribution in [0.1, 0.15) is 5.69 Å². The van der Waals surface area contributed by atoms with Gasteiger partial charge in [0.1, 0.15) is 11.7 Å². The molecular weight excluding hydrogens is 404 g/mol. The first-order chi connectivity index (χ1) is 12.4. The molecule has 0 radical (unpaired) electrons. The zero-order chi connectivity index (χ0) is 18.8. The molecule has 0 fully saturated rings. The van der Waals surface area contributed by atoms with Crippen LogP contribution in [-0.4, -0.2) is 33.4 Å². The van der Waals surface area contributed by atoms with Gasteiger partial charge in [0.2, 0.25) is 0 Å². The molecule has 2 heterocycles. The number of halogens is 1. The molecule has 0 aliphatic rings. The molecule has 2 aromatic heterocycles. The summed E-state index contributed by atoms with van der Waals surface area (Å²) in [5.41, 5.74) is 8.63. The molecule has 1 atom stereocenters. The predicted molar refractivity (Wildman–Crippen MR) is 98.7 cm³/mol. The molecule has 9 heteroatoms. The third kappa shape index (κ3) is 3.44. The van der Waals surface area contributed by atoms with Crippen molar-refractivity contribution >= 4 is 33.2 Å². The van der Waals surface area contributed by atoms with E-state index in [0.717, 1.165) is 4.47 Å². The van der Waals surface area contributed by atoms with Crippen LogP contribution in [0.15, 0.2) is 47.1 Å². The molecule has 134 valence electrons. The van der Waals surface area contributed by atoms with E-state index >= 15 is 0 Å². The number of nitrogens with zero attached hydrogens (tertiary/aromatic N) is 3. The van der Waals surface area contributed by atoms with E-state index in [9.17, 15) is 14.9 Å². The van der Waals surface area contributed by atoms with Crippen molar-refractivity contribution in [3.8, 4) is 11.3 Å². The number of esters is 1. The average Bonchev–Trinajstić information content (AvgIpc) is 2.98. The maximum Gasteiger partial charge on any atom is 0.323 e. The first-order valence-corrected chi connectivity index (χ1v) is 8.44. The largest absolute Gasteiger partial charge is 0.468 e. The molecule has 0 saturated carbocycles. The van der Waals surface area contributed by atoms with Gasteiger partial charge in [-0.2, -0.15) is 0 Å². The van der Waals surface area contributed by atoms with Crippen LogP contribution >= 0.6 is 15.9 Å². The number of benzene rings is 1. The number of carbonyl (C=O) groups is 1. The van der Waals surface area contributed by atoms with Gasteiger partial charge >= 0.3 is 5.97 Å². The van der Waals surface area contributed by atoms with Gasteiger partial charge in [-0.15, -0.1) is 0 Å². The molecule has 3 aromatic rings. The monoisotopic (exact) mass is 418 g/mol. The van der Waals surface area contributed by atoms with Crippen molar-refractivity contribution < 1.29 is 14.5 Å². The smallest absolute Gasteiger partial charge is 0.323 e. The summed E-state index contributed by atoms with van der Waals surface area (Å²) in [6, 6.07) is 8.91. The number of rotatable bonds is 5. The highest BCUT2D eigenvalue weighted by Gasteiger charge is 2.22. The molecule has 0 aliphatic carbocycles. The topological polar surface area (TPSA) is 113 Å². The van der Waals surface area contributed by atoms with Crippen molar-refractivity contribution in [3.63, 3.8) is 0 Å². The highest BCUT2D eigenvalue weighted by Crippen LogP contribution is 2.28. The molecule has 0 aliphatic heterocycles. The number of carbonyl (C=O) groups excluding carboxylic acids is 1. The molecule has 0 amide bonds. The normalized spacial score (nSPS) is 12.1. The predicted octanol–water partition coefficient (Wildman–Crippen LogP) is 2.71. The molecule has 8 nitrogen and oxygen atoms in total. The van der Waals surface area contributed by atoms with Gasteiger partial charge in [-0.25, -0.2) is 4.98 Å². The maximum atomic E-state index is 11.7. The van der Waals surface area contributed by atoms with Crippen LogP contribution in [0.2, 0.25) is 0 Å². The standard InChI is InChI=1S/C17H15BrN4O4/c1-26-17(23)13(19)8-14-16(10-2-5-12(6-3-10)22(24)25)20-15-7-4-11(18)9-21(14)15/h2-7,9,13H,8,19H2,1H3. The number of hydrogen-bond donors (Lipinski definition) is 1. The van der Waals surface area contributed by atoms with Crippen LogP contribution in [0.25, 0.3) is 16.9 Å². The Kier molecular flexibility index (Phi) is 5.01. The van der Waals surface area contributed by atoms with Crippen molar-refractivity contribution in [2.75, 3.05) is 7.11 Å². The van der Waals surface area contributed by atoms with Crippen LogP contribution in [0, 0.1) is 10.1 Å². The molecule has 2 N–H and O–H groups in total. The summed E-state index contributed by atoms with van der Waals surface area (Å²) in [4.78, 5) is 26.7. The first kappa shape index (κ1) is 18.0. The van der Waals surface area contributed by atoms with Gasteiger partial charge in [-0.3, -0.25) is 14.9 Å². The van der Waals surface area contributed by atoms with E-state index in [1.807, 2.05) is 22.7 Å². The second kappa shape index (κ2) is 7.22. The Balaban J connectivity index is 2.12. The zero-order valence-corrected chi connectivity index (χ0v) is 15.3. The summed E-state index contributed by atoms with van der Waals surface area (Å²) < 4.78 is 7.38. The fraction of sp³-hybridized carbons (Fsp3) is 0.176. The number of aromatic nitrogens is 2. The molecule has 26 heavy (non-hydrogen) atoms. The highest BCUT2D eigenvalue weighted by atomic mass is 79.9. The van der Waals surface area contributed by atoms with Crippen molar-refractivity contribution in [1.82, 2.24) is 9.38 Å². The number of pyridine rings is 1. The average molecular weight is 419 g/mol. The molecule has 1 aromatic carbocycles. The van der Waals surface area contributed by atoms with Crippen LogP contribution in [0.5, 0.6) is 0 Å². The lowest BCUT2D eigenvalue weighted by Crippen LogP contribution is -2.34. The number of nitrogens with two attached hydrogens (primary N) is 1. The van der Waals surface area contributed by atoms with Gasteiger partial charge in [-0.1, -0.05) is 0 Å². The van der Waals surface area contributed by atoms with E-state index in [0.29, 0.717) is 22.6 Å². The molecule has 3 rings (SSSR count). The molecule has 1 unspecified atom stereocenters. The fourth-order valence-corrected chi connectivity index (χ4v) is 3.01. The summed E-state index contributed by atoms with van der Waals surface area (Å²) in [5, 5.41) is 10.9. The number of methoxy groups -OCH3 is 1. The minimum atomic E-state index is -0.851. The third-order valence-electron chi connectivity index (χ3n) is 3.95. The van der Waals surface area contributed by atoms with Crippen LogP contribution in [0.3, 0.4) is 0 Å². The van der Waals surface area contributed by atoms with Gasteiger partial charge in [0, 0.05) is 34.8 Å². The van der Waals surface area contributed by atoms with Crippen molar-refractivity contribution in [2.45, 2.75) is 12.5 Å². The van der Waals surface area contributed by atoms with E-state index in [1.54, 1.807) is 12.1 Å². The number of non-ortho nitro benzene ring substituents is 1. The van der Waals surface area contributed by atoms with Gasteiger partial charge in [-0.05, 0) is 40.2 Å². The van der Waals surface area contributed by atoms with E-state index in [2.05, 4.69) is 20.9 Å². The number of hydrogen-bond acceptors (Lipinski definition) is 6. The SMILES string of the molecule is COC(=O)C(N)Cc1c(-c2ccc([N+](=O)[O-])cc2)nc2ccc(Br)cn12. The number of imidazole rings is 1. The van der Waals surface area contributed by atoms with Crippen molar-refractivity contribution in [3.05, 3.63) is 62.9 Å². The summed E-state index contributed by atoms with van der Waals surface area (Å²) in [6.07, 6.45) is 2.03. The van der Waals surface area contributed by atoms with Gasteiger partial charge < -0.3 is 14.9 Å². The van der Waals surface area contributed by atoms with Crippen LogP contribution in [0.4, 0.5) is 5.69 Å². The molecule has 0 bridgehead atoms. The second-order valence-corrected chi connectivity index (χ2v) is 6.54. The van der Waals surface area contributed by atoms with Crippen LogP contribution in [-0.2, 0) is 16.0 Å². The minimum Gasteiger partial charge on any atom is -0.468 e.